The van der Waals surface area contributed by atoms with Gasteiger partial charge in [-0.1, -0.05) is 30.3 Å². The summed E-state index contributed by atoms with van der Waals surface area (Å²) < 4.78 is 5.45. The average Bonchev–Trinajstić information content (AvgIpc) is 2.64. The van der Waals surface area contributed by atoms with Gasteiger partial charge in [0, 0.05) is 19.7 Å². The predicted molar refractivity (Wildman–Crippen MR) is 93.5 cm³/mol. The molecular weight excluding hydrogens is 302 g/mol. The maximum atomic E-state index is 12.3. The molecule has 1 saturated carbocycles. The molecule has 1 aromatic rings. The minimum atomic E-state index is -0.178. The van der Waals surface area contributed by atoms with Crippen LogP contribution in [0.5, 0.6) is 0 Å². The fraction of sp³-hybridized carbons (Fsp3) is 0.650. The third-order valence-electron chi connectivity index (χ3n) is 5.99. The average molecular weight is 331 g/mol. The van der Waals surface area contributed by atoms with Crippen LogP contribution in [0.15, 0.2) is 30.3 Å². The van der Waals surface area contributed by atoms with Crippen molar-refractivity contribution in [1.29, 1.82) is 0 Å². The largest absolute Gasteiger partial charge is 0.445 e. The molecule has 24 heavy (non-hydrogen) atoms. The summed E-state index contributed by atoms with van der Waals surface area (Å²) in [6.07, 6.45) is 7.95. The van der Waals surface area contributed by atoms with Crippen molar-refractivity contribution in [3.63, 3.8) is 0 Å². The van der Waals surface area contributed by atoms with Gasteiger partial charge in [-0.25, -0.2) is 4.79 Å². The van der Waals surface area contributed by atoms with E-state index in [2.05, 4.69) is 0 Å². The van der Waals surface area contributed by atoms with Crippen molar-refractivity contribution in [3.05, 3.63) is 35.9 Å². The smallest absolute Gasteiger partial charge is 0.410 e. The van der Waals surface area contributed by atoms with Crippen LogP contribution in [0.4, 0.5) is 4.79 Å². The molecule has 1 aliphatic carbocycles. The molecule has 0 radical (unpaired) electrons. The fourth-order valence-electron chi connectivity index (χ4n) is 4.24. The molecule has 4 heteroatoms. The van der Waals surface area contributed by atoms with Gasteiger partial charge in [0.1, 0.15) is 6.61 Å². The molecule has 0 unspecified atom stereocenters. The lowest BCUT2D eigenvalue weighted by atomic mass is 9.65. The van der Waals surface area contributed by atoms with Gasteiger partial charge >= 0.3 is 6.09 Å². The van der Waals surface area contributed by atoms with Crippen molar-refractivity contribution in [2.75, 3.05) is 19.7 Å². The standard InChI is InChI=1S/C20H29NO3/c22-15-8-17-6-9-20(10-7-17)11-13-21(14-12-20)19(23)24-16-18-4-2-1-3-5-18/h1-5,17,22H,6-16H2. The Hall–Kier alpha value is -1.55. The molecule has 0 bridgehead atoms. The van der Waals surface area contributed by atoms with Crippen molar-refractivity contribution in [2.45, 2.75) is 51.6 Å². The van der Waals surface area contributed by atoms with E-state index in [0.29, 0.717) is 24.5 Å². The molecule has 3 rings (SSSR count). The molecule has 1 aromatic carbocycles. The number of benzene rings is 1. The summed E-state index contributed by atoms with van der Waals surface area (Å²) in [6, 6.07) is 9.83. The van der Waals surface area contributed by atoms with Gasteiger partial charge in [0.25, 0.3) is 0 Å². The van der Waals surface area contributed by atoms with Gasteiger partial charge in [0.2, 0.25) is 0 Å². The number of nitrogens with zero attached hydrogens (tertiary/aromatic N) is 1. The van der Waals surface area contributed by atoms with E-state index in [0.717, 1.165) is 37.9 Å². The van der Waals surface area contributed by atoms with Gasteiger partial charge in [-0.05, 0) is 61.8 Å². The highest BCUT2D eigenvalue weighted by atomic mass is 16.6. The Bertz CT molecular complexity index is 513. The van der Waals surface area contributed by atoms with Crippen molar-refractivity contribution < 1.29 is 14.6 Å². The summed E-state index contributed by atoms with van der Waals surface area (Å²) in [4.78, 5) is 14.1. The van der Waals surface area contributed by atoms with Crippen LogP contribution < -0.4 is 0 Å². The Kier molecular flexibility index (Phi) is 5.77. The third kappa shape index (κ3) is 4.29. The molecule has 1 amide bonds. The van der Waals surface area contributed by atoms with Gasteiger partial charge in [0.05, 0.1) is 0 Å². The number of amides is 1. The van der Waals surface area contributed by atoms with Crippen LogP contribution >= 0.6 is 0 Å². The Morgan fingerprint density at radius 2 is 1.79 bits per heavy atom. The van der Waals surface area contributed by atoms with Gasteiger partial charge in [0.15, 0.2) is 0 Å². The molecule has 1 spiro atoms. The molecule has 2 fully saturated rings. The first-order chi connectivity index (χ1) is 11.7. The number of carbonyl (C=O) groups is 1. The van der Waals surface area contributed by atoms with Crippen LogP contribution in [0.3, 0.4) is 0 Å². The van der Waals surface area contributed by atoms with Crippen molar-refractivity contribution in [3.8, 4) is 0 Å². The maximum Gasteiger partial charge on any atom is 0.410 e. The SMILES string of the molecule is O=C(OCc1ccccc1)N1CCC2(CCC(CCO)CC2)CC1. The Morgan fingerprint density at radius 3 is 2.42 bits per heavy atom. The summed E-state index contributed by atoms with van der Waals surface area (Å²) in [5.41, 5.74) is 1.46. The number of rotatable bonds is 4. The first-order valence-electron chi connectivity index (χ1n) is 9.27. The van der Waals surface area contributed by atoms with E-state index in [-0.39, 0.29) is 6.09 Å². The predicted octanol–water partition coefficient (Wildman–Crippen LogP) is 3.98. The van der Waals surface area contributed by atoms with Crippen LogP contribution in [0.25, 0.3) is 0 Å². The number of piperidine rings is 1. The number of carbonyl (C=O) groups excluding carboxylic acids is 1. The minimum Gasteiger partial charge on any atom is -0.445 e. The number of aliphatic hydroxyl groups is 1. The molecule has 1 N–H and O–H groups in total. The zero-order valence-electron chi connectivity index (χ0n) is 14.5. The molecule has 1 heterocycles. The van der Waals surface area contributed by atoms with Gasteiger partial charge < -0.3 is 14.7 Å². The quantitative estimate of drug-likeness (QED) is 0.908. The van der Waals surface area contributed by atoms with E-state index in [1.54, 1.807) is 0 Å². The number of likely N-dealkylation sites (tertiary alicyclic amines) is 1. The summed E-state index contributed by atoms with van der Waals surface area (Å²) in [5.74, 6) is 0.703. The van der Waals surface area contributed by atoms with Crippen molar-refractivity contribution >= 4 is 6.09 Å². The van der Waals surface area contributed by atoms with Gasteiger partial charge in [-0.3, -0.25) is 0 Å². The molecule has 132 valence electrons. The lowest BCUT2D eigenvalue weighted by molar-refractivity contribution is 0.0343. The summed E-state index contributed by atoms with van der Waals surface area (Å²) in [5, 5.41) is 9.09. The Labute approximate surface area is 144 Å². The Balaban J connectivity index is 1.42. The van der Waals surface area contributed by atoms with Crippen LogP contribution in [0, 0.1) is 11.3 Å². The second-order valence-electron chi connectivity index (χ2n) is 7.48. The Morgan fingerprint density at radius 1 is 1.12 bits per heavy atom. The fourth-order valence-corrected chi connectivity index (χ4v) is 4.24. The molecular formula is C20H29NO3. The van der Waals surface area contributed by atoms with Gasteiger partial charge in [-0.15, -0.1) is 0 Å². The van der Waals surface area contributed by atoms with Crippen LogP contribution in [0.2, 0.25) is 0 Å². The first-order valence-corrected chi connectivity index (χ1v) is 9.27. The second kappa shape index (κ2) is 8.02. The van der Waals surface area contributed by atoms with E-state index < -0.39 is 0 Å². The van der Waals surface area contributed by atoms with E-state index in [1.807, 2.05) is 35.2 Å². The van der Waals surface area contributed by atoms with Crippen LogP contribution in [-0.2, 0) is 11.3 Å². The molecule has 2 aliphatic rings. The molecule has 1 saturated heterocycles. The zero-order chi connectivity index (χ0) is 16.8. The minimum absolute atomic E-state index is 0.178. The molecule has 4 nitrogen and oxygen atoms in total. The summed E-state index contributed by atoms with van der Waals surface area (Å²) >= 11 is 0. The van der Waals surface area contributed by atoms with E-state index >= 15 is 0 Å². The molecule has 0 atom stereocenters. The lowest BCUT2D eigenvalue weighted by Crippen LogP contribution is -2.44. The van der Waals surface area contributed by atoms with Crippen molar-refractivity contribution in [2.24, 2.45) is 11.3 Å². The van der Waals surface area contributed by atoms with Crippen LogP contribution in [-0.4, -0.2) is 35.8 Å². The first kappa shape index (κ1) is 17.3. The monoisotopic (exact) mass is 331 g/mol. The van der Waals surface area contributed by atoms with Gasteiger partial charge in [-0.2, -0.15) is 0 Å². The highest BCUT2D eigenvalue weighted by molar-refractivity contribution is 5.67. The molecule has 1 aliphatic heterocycles. The maximum absolute atomic E-state index is 12.3. The normalized spacial score (nSPS) is 21.0. The lowest BCUT2D eigenvalue weighted by Gasteiger charge is -2.45. The van der Waals surface area contributed by atoms with Crippen molar-refractivity contribution in [1.82, 2.24) is 4.90 Å². The highest BCUT2D eigenvalue weighted by Gasteiger charge is 2.39. The van der Waals surface area contributed by atoms with E-state index in [4.69, 9.17) is 9.84 Å². The van der Waals surface area contributed by atoms with Crippen LogP contribution in [0.1, 0.15) is 50.5 Å². The van der Waals surface area contributed by atoms with E-state index in [9.17, 15) is 4.79 Å². The number of hydrogen-bond donors (Lipinski definition) is 1. The molecule has 0 aromatic heterocycles. The third-order valence-corrected chi connectivity index (χ3v) is 5.99. The highest BCUT2D eigenvalue weighted by Crippen LogP contribution is 2.46. The van der Waals surface area contributed by atoms with E-state index in [1.165, 1.54) is 25.7 Å². The summed E-state index contributed by atoms with van der Waals surface area (Å²) in [7, 11) is 0. The zero-order valence-corrected chi connectivity index (χ0v) is 14.5. The second-order valence-corrected chi connectivity index (χ2v) is 7.48. The number of ether oxygens (including phenoxy) is 1. The topological polar surface area (TPSA) is 49.8 Å². The number of hydrogen-bond acceptors (Lipinski definition) is 3. The summed E-state index contributed by atoms with van der Waals surface area (Å²) in [6.45, 7) is 2.30. The number of aliphatic hydroxyl groups excluding tert-OH is 1.